The van der Waals surface area contributed by atoms with Gasteiger partial charge in [0.1, 0.15) is 12.4 Å². The second-order valence-electron chi connectivity index (χ2n) is 3.48. The van der Waals surface area contributed by atoms with Crippen LogP contribution >= 0.6 is 0 Å². The fourth-order valence-corrected chi connectivity index (χ4v) is 1.30. The first-order chi connectivity index (χ1) is 8.03. The minimum absolute atomic E-state index is 0.0228. The van der Waals surface area contributed by atoms with Crippen LogP contribution in [0.3, 0.4) is 0 Å². The molecule has 0 amide bonds. The van der Waals surface area contributed by atoms with Crippen LogP contribution < -0.4 is 5.32 Å². The van der Waals surface area contributed by atoms with Crippen molar-refractivity contribution in [2.24, 2.45) is 0 Å². The summed E-state index contributed by atoms with van der Waals surface area (Å²) < 4.78 is 41.8. The second-order valence-corrected chi connectivity index (χ2v) is 3.48. The largest absolute Gasteiger partial charge is 0.411 e. The van der Waals surface area contributed by atoms with Crippen molar-refractivity contribution < 1.29 is 17.9 Å². The van der Waals surface area contributed by atoms with Crippen molar-refractivity contribution in [1.82, 2.24) is 14.9 Å². The highest BCUT2D eigenvalue weighted by molar-refractivity contribution is 4.91. The van der Waals surface area contributed by atoms with E-state index in [4.69, 9.17) is 0 Å². The first-order valence-electron chi connectivity index (χ1n) is 5.38. The lowest BCUT2D eigenvalue weighted by Gasteiger charge is -2.10. The van der Waals surface area contributed by atoms with Gasteiger partial charge in [-0.2, -0.15) is 13.2 Å². The zero-order valence-corrected chi connectivity index (χ0v) is 9.63. The molecule has 0 aliphatic carbocycles. The van der Waals surface area contributed by atoms with Gasteiger partial charge in [-0.1, -0.05) is 6.92 Å². The predicted molar refractivity (Wildman–Crippen MR) is 56.5 cm³/mol. The van der Waals surface area contributed by atoms with Gasteiger partial charge in [0.05, 0.1) is 13.2 Å². The summed E-state index contributed by atoms with van der Waals surface area (Å²) >= 11 is 0. The summed E-state index contributed by atoms with van der Waals surface area (Å²) in [5.41, 5.74) is 0. The van der Waals surface area contributed by atoms with E-state index in [0.29, 0.717) is 13.1 Å². The fraction of sp³-hybridized carbons (Fsp3) is 0.700. The molecule has 7 heteroatoms. The van der Waals surface area contributed by atoms with Gasteiger partial charge >= 0.3 is 6.18 Å². The van der Waals surface area contributed by atoms with E-state index in [9.17, 15) is 13.2 Å². The van der Waals surface area contributed by atoms with Gasteiger partial charge in [0, 0.05) is 18.9 Å². The summed E-state index contributed by atoms with van der Waals surface area (Å²) in [6.45, 7) is 2.58. The molecule has 0 spiro atoms. The molecule has 0 aliphatic rings. The highest BCUT2D eigenvalue weighted by atomic mass is 19.4. The number of ether oxygens (including phenoxy) is 1. The molecular weight excluding hydrogens is 235 g/mol. The third kappa shape index (κ3) is 5.69. The summed E-state index contributed by atoms with van der Waals surface area (Å²) in [6.07, 6.45) is -0.915. The fourth-order valence-electron chi connectivity index (χ4n) is 1.30. The van der Waals surface area contributed by atoms with E-state index >= 15 is 0 Å². The molecule has 17 heavy (non-hydrogen) atoms. The van der Waals surface area contributed by atoms with Crippen molar-refractivity contribution in [3.63, 3.8) is 0 Å². The lowest BCUT2D eigenvalue weighted by atomic mass is 10.5. The minimum atomic E-state index is -4.26. The van der Waals surface area contributed by atoms with Crippen LogP contribution in [-0.2, 0) is 17.8 Å². The van der Waals surface area contributed by atoms with Gasteiger partial charge < -0.3 is 14.6 Å². The van der Waals surface area contributed by atoms with Crippen LogP contribution in [-0.4, -0.2) is 35.5 Å². The summed E-state index contributed by atoms with van der Waals surface area (Å²) in [6, 6.07) is 0. The van der Waals surface area contributed by atoms with Crippen LogP contribution in [0.25, 0.3) is 0 Å². The number of aromatic nitrogens is 2. The van der Waals surface area contributed by atoms with Crippen LogP contribution in [0.4, 0.5) is 13.2 Å². The normalized spacial score (nSPS) is 12.0. The average molecular weight is 251 g/mol. The van der Waals surface area contributed by atoms with Crippen LogP contribution in [0.15, 0.2) is 12.4 Å². The number of halogens is 3. The lowest BCUT2D eigenvalue weighted by molar-refractivity contribution is -0.174. The smallest absolute Gasteiger partial charge is 0.370 e. The Kier molecular flexibility index (Phi) is 5.43. The maximum Gasteiger partial charge on any atom is 0.411 e. The van der Waals surface area contributed by atoms with E-state index in [-0.39, 0.29) is 6.61 Å². The van der Waals surface area contributed by atoms with Crippen molar-refractivity contribution >= 4 is 0 Å². The van der Waals surface area contributed by atoms with E-state index in [2.05, 4.69) is 15.0 Å². The van der Waals surface area contributed by atoms with Crippen molar-refractivity contribution in [2.75, 3.05) is 19.8 Å². The van der Waals surface area contributed by atoms with E-state index in [1.54, 1.807) is 17.0 Å². The van der Waals surface area contributed by atoms with Gasteiger partial charge in [-0.25, -0.2) is 4.98 Å². The lowest BCUT2D eigenvalue weighted by Crippen LogP contribution is -2.20. The minimum Gasteiger partial charge on any atom is -0.370 e. The summed E-state index contributed by atoms with van der Waals surface area (Å²) in [5.74, 6) is 0.794. The first-order valence-corrected chi connectivity index (χ1v) is 5.38. The maximum absolute atomic E-state index is 11.8. The van der Waals surface area contributed by atoms with Gasteiger partial charge in [-0.3, -0.25) is 0 Å². The molecule has 1 aromatic rings. The first kappa shape index (κ1) is 14.0. The molecule has 0 bridgehead atoms. The SMILES string of the molecule is CCNCc1nccn1CCOCC(F)(F)F. The van der Waals surface area contributed by atoms with Gasteiger partial charge in [0.2, 0.25) is 0 Å². The molecule has 0 fully saturated rings. The standard InChI is InChI=1S/C10H16F3N3O/c1-2-14-7-9-15-3-4-16(9)5-6-17-8-10(11,12)13/h3-4,14H,2,5-8H2,1H3. The van der Waals surface area contributed by atoms with Gasteiger partial charge in [-0.15, -0.1) is 0 Å². The Hall–Kier alpha value is -1.08. The molecule has 0 radical (unpaired) electrons. The molecule has 0 saturated heterocycles. The second kappa shape index (κ2) is 6.61. The van der Waals surface area contributed by atoms with E-state index in [1.807, 2.05) is 6.92 Å². The van der Waals surface area contributed by atoms with Crippen LogP contribution in [0.1, 0.15) is 12.7 Å². The average Bonchev–Trinajstić information content (AvgIpc) is 2.67. The van der Waals surface area contributed by atoms with E-state index in [0.717, 1.165) is 12.4 Å². The number of rotatable bonds is 7. The van der Waals surface area contributed by atoms with Crippen molar-refractivity contribution in [3.8, 4) is 0 Å². The number of hydrogen-bond donors (Lipinski definition) is 1. The molecule has 0 aromatic carbocycles. The molecular formula is C10H16F3N3O. The molecule has 0 atom stereocenters. The Morgan fingerprint density at radius 1 is 1.47 bits per heavy atom. The van der Waals surface area contributed by atoms with E-state index in [1.165, 1.54) is 0 Å². The molecule has 1 N–H and O–H groups in total. The maximum atomic E-state index is 11.8. The van der Waals surface area contributed by atoms with Gasteiger partial charge in [0.15, 0.2) is 0 Å². The molecule has 1 rings (SSSR count). The number of nitrogens with zero attached hydrogens (tertiary/aromatic N) is 2. The van der Waals surface area contributed by atoms with Crippen LogP contribution in [0.2, 0.25) is 0 Å². The van der Waals surface area contributed by atoms with Crippen molar-refractivity contribution in [1.29, 1.82) is 0 Å². The van der Waals surface area contributed by atoms with Crippen LogP contribution in [0.5, 0.6) is 0 Å². The zero-order chi connectivity index (χ0) is 12.7. The molecule has 4 nitrogen and oxygen atoms in total. The Morgan fingerprint density at radius 3 is 2.88 bits per heavy atom. The highest BCUT2D eigenvalue weighted by Gasteiger charge is 2.27. The monoisotopic (exact) mass is 251 g/mol. The molecule has 1 aromatic heterocycles. The molecule has 1 heterocycles. The van der Waals surface area contributed by atoms with Crippen molar-refractivity contribution in [3.05, 3.63) is 18.2 Å². The predicted octanol–water partition coefficient (Wildman–Crippen LogP) is 1.57. The summed E-state index contributed by atoms with van der Waals surface area (Å²) in [5, 5.41) is 3.10. The van der Waals surface area contributed by atoms with E-state index < -0.39 is 12.8 Å². The highest BCUT2D eigenvalue weighted by Crippen LogP contribution is 2.14. The number of hydrogen-bond acceptors (Lipinski definition) is 3. The van der Waals surface area contributed by atoms with Crippen LogP contribution in [0, 0.1) is 0 Å². The topological polar surface area (TPSA) is 39.1 Å². The Morgan fingerprint density at radius 2 is 2.24 bits per heavy atom. The molecule has 0 saturated carbocycles. The molecule has 0 aliphatic heterocycles. The Bertz CT molecular complexity index is 325. The Labute approximate surface area is 97.8 Å². The van der Waals surface area contributed by atoms with Crippen molar-refractivity contribution in [2.45, 2.75) is 26.2 Å². The quantitative estimate of drug-likeness (QED) is 0.748. The summed E-state index contributed by atoms with van der Waals surface area (Å²) in [4.78, 5) is 4.10. The molecule has 0 unspecified atom stereocenters. The Balaban J connectivity index is 2.29. The summed E-state index contributed by atoms with van der Waals surface area (Å²) in [7, 11) is 0. The number of imidazole rings is 1. The van der Waals surface area contributed by atoms with Gasteiger partial charge in [-0.05, 0) is 6.54 Å². The molecule has 98 valence electrons. The third-order valence-electron chi connectivity index (χ3n) is 2.08. The number of nitrogens with one attached hydrogen (secondary N) is 1. The third-order valence-corrected chi connectivity index (χ3v) is 2.08. The zero-order valence-electron chi connectivity index (χ0n) is 9.63. The van der Waals surface area contributed by atoms with Gasteiger partial charge in [0.25, 0.3) is 0 Å². The number of alkyl halides is 3.